The summed E-state index contributed by atoms with van der Waals surface area (Å²) in [4.78, 5) is 42.4. The van der Waals surface area contributed by atoms with Crippen LogP contribution < -0.4 is 10.2 Å². The quantitative estimate of drug-likeness (QED) is 0.383. The number of anilines is 1. The van der Waals surface area contributed by atoms with E-state index < -0.39 is 6.04 Å². The molecule has 36 heavy (non-hydrogen) atoms. The van der Waals surface area contributed by atoms with Crippen LogP contribution in [-0.4, -0.2) is 41.8 Å². The molecule has 3 aromatic rings. The molecule has 0 radical (unpaired) electrons. The van der Waals surface area contributed by atoms with Crippen molar-refractivity contribution < 1.29 is 18.8 Å². The van der Waals surface area contributed by atoms with Crippen LogP contribution in [0.1, 0.15) is 55.5 Å². The maximum atomic E-state index is 13.4. The molecule has 1 unspecified atom stereocenters. The Bertz CT molecular complexity index is 1250. The molecule has 0 fully saturated rings. The molecule has 0 spiro atoms. The predicted molar refractivity (Wildman–Crippen MR) is 139 cm³/mol. The molecular weight excluding hydrogens is 457 g/mol. The number of nitrogens with one attached hydrogen (secondary N) is 1. The van der Waals surface area contributed by atoms with E-state index in [4.69, 9.17) is 0 Å². The molecule has 3 amide bonds. The highest BCUT2D eigenvalue weighted by atomic mass is 19.1. The Hall–Kier alpha value is -3.74. The van der Waals surface area contributed by atoms with Gasteiger partial charge in [-0.2, -0.15) is 0 Å². The fourth-order valence-corrected chi connectivity index (χ4v) is 4.64. The van der Waals surface area contributed by atoms with Crippen molar-refractivity contribution in [2.24, 2.45) is 0 Å². The summed E-state index contributed by atoms with van der Waals surface area (Å²) in [6.07, 6.45) is 2.46. The lowest BCUT2D eigenvalue weighted by Crippen LogP contribution is -2.47. The minimum absolute atomic E-state index is 0.0545. The van der Waals surface area contributed by atoms with E-state index in [0.717, 1.165) is 34.9 Å². The van der Waals surface area contributed by atoms with Gasteiger partial charge in [0.25, 0.3) is 5.91 Å². The van der Waals surface area contributed by atoms with Gasteiger partial charge < -0.3 is 15.1 Å². The third-order valence-electron chi connectivity index (χ3n) is 6.68. The molecule has 1 atom stereocenters. The lowest BCUT2D eigenvalue weighted by molar-refractivity contribution is -0.140. The molecule has 1 heterocycles. The summed E-state index contributed by atoms with van der Waals surface area (Å²) in [6.45, 7) is 4.92. The van der Waals surface area contributed by atoms with E-state index in [9.17, 15) is 18.8 Å². The molecule has 0 saturated carbocycles. The van der Waals surface area contributed by atoms with E-state index in [1.165, 1.54) is 17.0 Å². The zero-order valence-electron chi connectivity index (χ0n) is 20.8. The van der Waals surface area contributed by atoms with E-state index in [0.29, 0.717) is 25.1 Å². The van der Waals surface area contributed by atoms with Crippen molar-refractivity contribution in [3.8, 4) is 0 Å². The molecule has 6 nitrogen and oxygen atoms in total. The van der Waals surface area contributed by atoms with Crippen molar-refractivity contribution >= 4 is 34.2 Å². The first-order valence-electron chi connectivity index (χ1n) is 12.6. The maximum Gasteiger partial charge on any atom is 0.258 e. The Morgan fingerprint density at radius 2 is 1.75 bits per heavy atom. The van der Waals surface area contributed by atoms with Crippen LogP contribution in [0.15, 0.2) is 60.7 Å². The highest BCUT2D eigenvalue weighted by Gasteiger charge is 2.30. The smallest absolute Gasteiger partial charge is 0.258 e. The standard InChI is InChI=1S/C29H32FN3O3/c1-3-4-17-31-28(35)20(2)33(19-21-13-15-23(30)16-14-21)26(34)12-7-18-32-25-11-6-9-22-8-5-10-24(27(22)25)29(32)36/h5-6,8-11,13-16,20H,3-4,7,12,17-19H2,1-2H3,(H,31,35). The van der Waals surface area contributed by atoms with Crippen LogP contribution in [0, 0.1) is 5.82 Å². The SMILES string of the molecule is CCCCNC(=O)C(C)N(Cc1ccc(F)cc1)C(=O)CCCN1C(=O)c2cccc3cccc1c23. The second-order valence-electron chi connectivity index (χ2n) is 9.21. The highest BCUT2D eigenvalue weighted by Crippen LogP contribution is 2.37. The van der Waals surface area contributed by atoms with Crippen LogP contribution in [0.2, 0.25) is 0 Å². The number of hydrogen-bond donors (Lipinski definition) is 1. The minimum Gasteiger partial charge on any atom is -0.354 e. The van der Waals surface area contributed by atoms with Crippen LogP contribution in [0.4, 0.5) is 10.1 Å². The molecule has 4 rings (SSSR count). The van der Waals surface area contributed by atoms with Gasteiger partial charge in [0.2, 0.25) is 11.8 Å². The first kappa shape index (κ1) is 25.4. The van der Waals surface area contributed by atoms with Crippen molar-refractivity contribution in [1.82, 2.24) is 10.2 Å². The molecule has 1 N–H and O–H groups in total. The van der Waals surface area contributed by atoms with Crippen molar-refractivity contribution in [2.45, 2.75) is 52.1 Å². The predicted octanol–water partition coefficient (Wildman–Crippen LogP) is 5.05. The van der Waals surface area contributed by atoms with E-state index in [2.05, 4.69) is 5.32 Å². The molecule has 7 heteroatoms. The highest BCUT2D eigenvalue weighted by molar-refractivity contribution is 6.25. The Balaban J connectivity index is 1.44. The van der Waals surface area contributed by atoms with Gasteiger partial charge in [0.05, 0.1) is 5.69 Å². The average molecular weight is 490 g/mol. The third-order valence-corrected chi connectivity index (χ3v) is 6.68. The van der Waals surface area contributed by atoms with E-state index in [1.807, 2.05) is 43.3 Å². The Morgan fingerprint density at radius 3 is 2.47 bits per heavy atom. The second kappa shape index (κ2) is 11.3. The summed E-state index contributed by atoms with van der Waals surface area (Å²) in [7, 11) is 0. The molecule has 3 aromatic carbocycles. The molecule has 188 valence electrons. The lowest BCUT2D eigenvalue weighted by atomic mass is 10.1. The van der Waals surface area contributed by atoms with Gasteiger partial charge in [0.15, 0.2) is 0 Å². The largest absolute Gasteiger partial charge is 0.354 e. The van der Waals surface area contributed by atoms with Crippen LogP contribution in [0.25, 0.3) is 10.8 Å². The number of unbranched alkanes of at least 4 members (excludes halogenated alkanes) is 1. The average Bonchev–Trinajstić information content (AvgIpc) is 3.16. The zero-order chi connectivity index (χ0) is 25.7. The Kier molecular flexibility index (Phi) is 7.98. The summed E-state index contributed by atoms with van der Waals surface area (Å²) in [5.74, 6) is -0.801. The first-order chi connectivity index (χ1) is 17.4. The molecule has 0 saturated heterocycles. The summed E-state index contributed by atoms with van der Waals surface area (Å²) < 4.78 is 13.4. The van der Waals surface area contributed by atoms with Gasteiger partial charge in [-0.15, -0.1) is 0 Å². The van der Waals surface area contributed by atoms with Gasteiger partial charge in [-0.05, 0) is 55.0 Å². The van der Waals surface area contributed by atoms with Crippen LogP contribution >= 0.6 is 0 Å². The first-order valence-corrected chi connectivity index (χ1v) is 12.6. The lowest BCUT2D eigenvalue weighted by Gasteiger charge is -2.29. The molecule has 0 aromatic heterocycles. The van der Waals surface area contributed by atoms with Crippen molar-refractivity contribution in [2.75, 3.05) is 18.0 Å². The van der Waals surface area contributed by atoms with Crippen LogP contribution in [-0.2, 0) is 16.1 Å². The molecule has 1 aliphatic heterocycles. The van der Waals surface area contributed by atoms with E-state index >= 15 is 0 Å². The number of benzene rings is 3. The Morgan fingerprint density at radius 1 is 1.03 bits per heavy atom. The summed E-state index contributed by atoms with van der Waals surface area (Å²) in [5, 5.41) is 4.87. The summed E-state index contributed by atoms with van der Waals surface area (Å²) in [5.41, 5.74) is 2.30. The zero-order valence-corrected chi connectivity index (χ0v) is 20.8. The fraction of sp³-hybridized carbons (Fsp3) is 0.345. The molecular formula is C29H32FN3O3. The van der Waals surface area contributed by atoms with Crippen molar-refractivity contribution in [3.63, 3.8) is 0 Å². The maximum absolute atomic E-state index is 13.4. The summed E-state index contributed by atoms with van der Waals surface area (Å²) >= 11 is 0. The normalized spacial score (nSPS) is 13.2. The number of nitrogens with zero attached hydrogens (tertiary/aromatic N) is 2. The van der Waals surface area contributed by atoms with Gasteiger partial charge in [-0.3, -0.25) is 14.4 Å². The molecule has 1 aliphatic rings. The number of rotatable bonds is 11. The number of carbonyl (C=O) groups excluding carboxylic acids is 3. The van der Waals surface area contributed by atoms with Gasteiger partial charge in [-0.25, -0.2) is 4.39 Å². The summed E-state index contributed by atoms with van der Waals surface area (Å²) in [6, 6.07) is 16.8. The number of halogens is 1. The Labute approximate surface area is 211 Å². The topological polar surface area (TPSA) is 69.7 Å². The number of amides is 3. The van der Waals surface area contributed by atoms with Crippen LogP contribution in [0.5, 0.6) is 0 Å². The molecule has 0 aliphatic carbocycles. The fourth-order valence-electron chi connectivity index (χ4n) is 4.64. The van der Waals surface area contributed by atoms with Crippen molar-refractivity contribution in [3.05, 3.63) is 77.6 Å². The van der Waals surface area contributed by atoms with Gasteiger partial charge in [-0.1, -0.05) is 49.7 Å². The van der Waals surface area contributed by atoms with Gasteiger partial charge >= 0.3 is 0 Å². The minimum atomic E-state index is -0.675. The van der Waals surface area contributed by atoms with Crippen molar-refractivity contribution in [1.29, 1.82) is 0 Å². The monoisotopic (exact) mass is 489 g/mol. The van der Waals surface area contributed by atoms with E-state index in [-0.39, 0.29) is 36.5 Å². The van der Waals surface area contributed by atoms with Gasteiger partial charge in [0, 0.05) is 37.0 Å². The molecule has 0 bridgehead atoms. The second-order valence-corrected chi connectivity index (χ2v) is 9.21. The third kappa shape index (κ3) is 5.40. The number of carbonyl (C=O) groups is 3. The number of hydrogen-bond acceptors (Lipinski definition) is 3. The van der Waals surface area contributed by atoms with Gasteiger partial charge in [0.1, 0.15) is 11.9 Å². The van der Waals surface area contributed by atoms with E-state index in [1.54, 1.807) is 24.0 Å². The van der Waals surface area contributed by atoms with Crippen LogP contribution in [0.3, 0.4) is 0 Å².